The van der Waals surface area contributed by atoms with Crippen molar-refractivity contribution >= 4 is 62.1 Å². The topological polar surface area (TPSA) is 205 Å². The molecule has 0 radical (unpaired) electrons. The summed E-state index contributed by atoms with van der Waals surface area (Å²) in [6.07, 6.45) is 4.28. The Kier molecular flexibility index (Phi) is 11.1. The van der Waals surface area contributed by atoms with Crippen molar-refractivity contribution in [2.24, 2.45) is 11.5 Å². The zero-order valence-electron chi connectivity index (χ0n) is 19.1. The summed E-state index contributed by atoms with van der Waals surface area (Å²) in [4.78, 5) is 53.5. The zero-order valence-corrected chi connectivity index (χ0v) is 20.7. The van der Waals surface area contributed by atoms with E-state index < -0.39 is 29.7 Å². The minimum Gasteiger partial charge on any atom is -0.370 e. The molecule has 0 aliphatic rings. The number of amides is 4. The van der Waals surface area contributed by atoms with Crippen molar-refractivity contribution in [1.29, 1.82) is 5.41 Å². The maximum absolute atomic E-state index is 12.6. The van der Waals surface area contributed by atoms with Crippen LogP contribution >= 0.6 is 21.6 Å². The highest BCUT2D eigenvalue weighted by Gasteiger charge is 2.18. The minimum atomic E-state index is -0.927. The highest BCUT2D eigenvalue weighted by molar-refractivity contribution is 8.76. The zero-order chi connectivity index (χ0) is 25.8. The summed E-state index contributed by atoms with van der Waals surface area (Å²) in [5.41, 5.74) is 11.6. The molecule has 0 spiro atoms. The van der Waals surface area contributed by atoms with E-state index >= 15 is 0 Å². The molecule has 0 unspecified atom stereocenters. The van der Waals surface area contributed by atoms with Crippen molar-refractivity contribution in [3.8, 4) is 0 Å². The van der Waals surface area contributed by atoms with Gasteiger partial charge in [-0.2, -0.15) is 0 Å². The first-order chi connectivity index (χ1) is 16.7. The number of carbonyl (C=O) groups excluding carboxylic acids is 4. The molecule has 9 N–H and O–H groups in total. The fourth-order valence-electron chi connectivity index (χ4n) is 3.01. The number of nitrogens with zero attached hydrogens (tertiary/aromatic N) is 1. The maximum Gasteiger partial charge on any atom is 0.251 e. The summed E-state index contributed by atoms with van der Waals surface area (Å²) >= 11 is 0. The van der Waals surface area contributed by atoms with Gasteiger partial charge in [-0.3, -0.25) is 29.6 Å². The molecule has 1 aromatic heterocycles. The lowest BCUT2D eigenvalue weighted by Gasteiger charge is -2.16. The summed E-state index contributed by atoms with van der Waals surface area (Å²) in [7, 11) is 3.01. The van der Waals surface area contributed by atoms with E-state index in [1.165, 1.54) is 21.6 Å². The first-order valence-electron chi connectivity index (χ1n) is 10.5. The van der Waals surface area contributed by atoms with Crippen molar-refractivity contribution in [3.05, 3.63) is 36.0 Å². The lowest BCUT2D eigenvalue weighted by atomic mass is 10.1. The number of rotatable bonds is 13. The maximum atomic E-state index is 12.6. The molecular formula is C21H28N8O4S2. The quantitative estimate of drug-likeness (QED) is 0.0799. The molecule has 0 aliphatic heterocycles. The van der Waals surface area contributed by atoms with Crippen LogP contribution in [0.15, 0.2) is 35.4 Å². The minimum absolute atomic E-state index is 0.198. The lowest BCUT2D eigenvalue weighted by molar-refractivity contribution is -0.128. The number of fused-ring (bicyclic) bond motifs is 1. The summed E-state index contributed by atoms with van der Waals surface area (Å²) in [5, 5.41) is 17.8. The van der Waals surface area contributed by atoms with Gasteiger partial charge in [-0.15, -0.1) is 0 Å². The molecule has 2 aromatic rings. The van der Waals surface area contributed by atoms with Crippen LogP contribution in [0.3, 0.4) is 0 Å². The third-order valence-electron chi connectivity index (χ3n) is 4.62. The highest BCUT2D eigenvalue weighted by Crippen LogP contribution is 2.34. The molecule has 188 valence electrons. The predicted molar refractivity (Wildman–Crippen MR) is 137 cm³/mol. The Hall–Kier alpha value is -3.52. The number of benzene rings is 1. The van der Waals surface area contributed by atoms with Gasteiger partial charge in [0.25, 0.3) is 5.91 Å². The van der Waals surface area contributed by atoms with E-state index in [-0.39, 0.29) is 25.5 Å². The monoisotopic (exact) mass is 520 g/mol. The number of aromatic nitrogens is 1. The van der Waals surface area contributed by atoms with Gasteiger partial charge in [0.1, 0.15) is 6.04 Å². The molecule has 4 amide bonds. The second-order valence-corrected chi connectivity index (χ2v) is 9.70. The van der Waals surface area contributed by atoms with Crippen LogP contribution in [0.2, 0.25) is 0 Å². The van der Waals surface area contributed by atoms with Crippen molar-refractivity contribution in [1.82, 2.24) is 26.3 Å². The van der Waals surface area contributed by atoms with Gasteiger partial charge in [-0.1, -0.05) is 27.7 Å². The van der Waals surface area contributed by atoms with Crippen molar-refractivity contribution < 1.29 is 19.2 Å². The van der Waals surface area contributed by atoms with Gasteiger partial charge >= 0.3 is 0 Å². The number of hydrogen-bond donors (Lipinski definition) is 7. The smallest absolute Gasteiger partial charge is 0.251 e. The van der Waals surface area contributed by atoms with E-state index in [2.05, 4.69) is 26.3 Å². The van der Waals surface area contributed by atoms with E-state index in [1.807, 2.05) is 12.3 Å². The van der Waals surface area contributed by atoms with Crippen LogP contribution in [0.1, 0.15) is 23.2 Å². The molecule has 1 heterocycles. The average Bonchev–Trinajstić information content (AvgIpc) is 2.82. The van der Waals surface area contributed by atoms with Crippen molar-refractivity contribution in [2.45, 2.75) is 23.8 Å². The van der Waals surface area contributed by atoms with Gasteiger partial charge in [0.05, 0.1) is 18.6 Å². The van der Waals surface area contributed by atoms with Gasteiger partial charge in [0.15, 0.2) is 5.96 Å². The van der Waals surface area contributed by atoms with E-state index in [0.717, 1.165) is 15.8 Å². The van der Waals surface area contributed by atoms with Gasteiger partial charge in [-0.05, 0) is 37.3 Å². The third-order valence-corrected chi connectivity index (χ3v) is 6.32. The first-order valence-corrected chi connectivity index (χ1v) is 13.1. The van der Waals surface area contributed by atoms with Crippen LogP contribution in [0, 0.1) is 5.41 Å². The Balaban J connectivity index is 1.83. The molecule has 0 bridgehead atoms. The number of carbonyl (C=O) groups is 4. The number of primary amides is 1. The van der Waals surface area contributed by atoms with Crippen LogP contribution in [0.25, 0.3) is 10.9 Å². The summed E-state index contributed by atoms with van der Waals surface area (Å²) in [6, 6.07) is 6.12. The normalized spacial score (nSPS) is 11.3. The third kappa shape index (κ3) is 9.33. The summed E-state index contributed by atoms with van der Waals surface area (Å²) < 4.78 is 0. The molecule has 0 saturated heterocycles. The molecule has 0 aliphatic carbocycles. The second kappa shape index (κ2) is 14.0. The van der Waals surface area contributed by atoms with Crippen LogP contribution < -0.4 is 32.7 Å². The van der Waals surface area contributed by atoms with Gasteiger partial charge < -0.3 is 32.7 Å². The molecule has 0 fully saturated rings. The fraction of sp³-hybridized carbons (Fsp3) is 0.333. The molecule has 14 heteroatoms. The largest absolute Gasteiger partial charge is 0.370 e. The van der Waals surface area contributed by atoms with Gasteiger partial charge in [0.2, 0.25) is 17.7 Å². The molecular weight excluding hydrogens is 492 g/mol. The van der Waals surface area contributed by atoms with Crippen LogP contribution in [0.4, 0.5) is 0 Å². The van der Waals surface area contributed by atoms with E-state index in [0.29, 0.717) is 18.5 Å². The Morgan fingerprint density at radius 2 is 1.83 bits per heavy atom. The lowest BCUT2D eigenvalue weighted by Crippen LogP contribution is -2.49. The Bertz CT molecular complexity index is 1100. The highest BCUT2D eigenvalue weighted by atomic mass is 33.1. The molecule has 1 atom stereocenters. The van der Waals surface area contributed by atoms with Gasteiger partial charge in [0, 0.05) is 28.6 Å². The van der Waals surface area contributed by atoms with E-state index in [4.69, 9.17) is 16.9 Å². The van der Waals surface area contributed by atoms with Crippen LogP contribution in [-0.4, -0.2) is 66.5 Å². The number of guanidine groups is 1. The standard InChI is InChI=1S/C21H28N8O4S2/c1-34-35-15-9-13(8-12-4-2-6-25-18(12)15)20(33)28-10-16(30)27-11-17(31)29-14(19(22)32)5-3-7-26-21(23)24/h2,4,6,8-9,14H,3,5,7,10-11H2,1H3,(H2,22,32)(H,27,30)(H,28,33)(H,29,31)(H4,23,24,26)/t14-/m1/s1. The molecule has 2 rings (SSSR count). The Labute approximate surface area is 210 Å². The summed E-state index contributed by atoms with van der Waals surface area (Å²) in [6.45, 7) is -0.380. The Morgan fingerprint density at radius 3 is 2.51 bits per heavy atom. The second-order valence-electron chi connectivity index (χ2n) is 7.26. The van der Waals surface area contributed by atoms with E-state index in [9.17, 15) is 19.2 Å². The number of nitrogens with one attached hydrogen (secondary N) is 5. The van der Waals surface area contributed by atoms with E-state index in [1.54, 1.807) is 24.4 Å². The summed E-state index contributed by atoms with van der Waals surface area (Å²) in [5.74, 6) is -2.53. The fourth-order valence-corrected chi connectivity index (χ4v) is 4.53. The molecule has 35 heavy (non-hydrogen) atoms. The van der Waals surface area contributed by atoms with Crippen LogP contribution in [-0.2, 0) is 14.4 Å². The number of pyridine rings is 1. The first kappa shape index (κ1) is 27.7. The van der Waals surface area contributed by atoms with Crippen molar-refractivity contribution in [3.63, 3.8) is 0 Å². The number of nitrogens with two attached hydrogens (primary N) is 2. The predicted octanol–water partition coefficient (Wildman–Crippen LogP) is -0.316. The van der Waals surface area contributed by atoms with Crippen molar-refractivity contribution in [2.75, 3.05) is 25.9 Å². The average molecular weight is 521 g/mol. The molecule has 12 nitrogen and oxygen atoms in total. The molecule has 1 aromatic carbocycles. The number of hydrogen-bond acceptors (Lipinski definition) is 8. The van der Waals surface area contributed by atoms with Gasteiger partial charge in [-0.25, -0.2) is 0 Å². The Morgan fingerprint density at radius 1 is 1.09 bits per heavy atom. The SMILES string of the molecule is CSSc1cc(C(=O)NCC(=O)NCC(=O)N[C@H](CCCNC(=N)N)C(N)=O)cc2cccnc12. The molecule has 0 saturated carbocycles. The van der Waals surface area contributed by atoms with Crippen LogP contribution in [0.5, 0.6) is 0 Å².